The molecule has 0 saturated heterocycles. The van der Waals surface area contributed by atoms with Gasteiger partial charge in [0.15, 0.2) is 0 Å². The number of anilines is 1. The van der Waals surface area contributed by atoms with Gasteiger partial charge in [0.25, 0.3) is 5.91 Å². The molecule has 2 aromatic heterocycles. The van der Waals surface area contributed by atoms with Crippen LogP contribution in [0.5, 0.6) is 6.01 Å². The Hall–Kier alpha value is -1.95. The van der Waals surface area contributed by atoms with Gasteiger partial charge in [0.2, 0.25) is 0 Å². The number of nitrogens with zero attached hydrogens (tertiary/aromatic N) is 2. The van der Waals surface area contributed by atoms with Crippen LogP contribution in [-0.2, 0) is 0 Å². The standard InChI is InChI=1S/C13H15N3O2S/c1-4-18-13-14-8(2)11(9(3)15-13)16-12(17)10-5-6-19-7-10/h5-7H,4H2,1-3H3,(H,16,17). The van der Waals surface area contributed by atoms with E-state index in [9.17, 15) is 4.79 Å². The predicted molar refractivity (Wildman–Crippen MR) is 74.9 cm³/mol. The minimum atomic E-state index is -0.153. The highest BCUT2D eigenvalue weighted by Crippen LogP contribution is 2.20. The van der Waals surface area contributed by atoms with E-state index in [0.29, 0.717) is 35.3 Å². The van der Waals surface area contributed by atoms with Gasteiger partial charge in [0.05, 0.1) is 29.2 Å². The number of ether oxygens (including phenoxy) is 1. The molecule has 0 fully saturated rings. The van der Waals surface area contributed by atoms with Gasteiger partial charge in [-0.05, 0) is 32.2 Å². The zero-order valence-corrected chi connectivity index (χ0v) is 11.9. The molecule has 1 N–H and O–H groups in total. The van der Waals surface area contributed by atoms with Crippen LogP contribution in [0.2, 0.25) is 0 Å². The number of amides is 1. The molecule has 0 aliphatic heterocycles. The predicted octanol–water partition coefficient (Wildman–Crippen LogP) is 2.81. The first kappa shape index (κ1) is 13.5. The van der Waals surface area contributed by atoms with E-state index in [1.165, 1.54) is 11.3 Å². The lowest BCUT2D eigenvalue weighted by Crippen LogP contribution is -2.15. The topological polar surface area (TPSA) is 64.1 Å². The van der Waals surface area contributed by atoms with Crippen LogP contribution in [0.25, 0.3) is 0 Å². The normalized spacial score (nSPS) is 10.3. The molecule has 0 aromatic carbocycles. The van der Waals surface area contributed by atoms with Gasteiger partial charge in [0, 0.05) is 5.38 Å². The van der Waals surface area contributed by atoms with Gasteiger partial charge in [0.1, 0.15) is 0 Å². The summed E-state index contributed by atoms with van der Waals surface area (Å²) in [6.45, 7) is 6.03. The molecule has 0 aliphatic rings. The second-order valence-electron chi connectivity index (χ2n) is 3.95. The molecule has 5 nitrogen and oxygen atoms in total. The summed E-state index contributed by atoms with van der Waals surface area (Å²) in [6.07, 6.45) is 0. The van der Waals surface area contributed by atoms with Crippen molar-refractivity contribution in [1.29, 1.82) is 0 Å². The van der Waals surface area contributed by atoms with Gasteiger partial charge in [-0.2, -0.15) is 21.3 Å². The molecule has 1 amide bonds. The minimum absolute atomic E-state index is 0.153. The highest BCUT2D eigenvalue weighted by atomic mass is 32.1. The van der Waals surface area contributed by atoms with Gasteiger partial charge >= 0.3 is 6.01 Å². The number of carbonyl (C=O) groups excluding carboxylic acids is 1. The average molecular weight is 277 g/mol. The summed E-state index contributed by atoms with van der Waals surface area (Å²) in [5.74, 6) is -0.153. The number of aryl methyl sites for hydroxylation is 2. The van der Waals surface area contributed by atoms with E-state index < -0.39 is 0 Å². The summed E-state index contributed by atoms with van der Waals surface area (Å²) in [6, 6.07) is 2.12. The molecule has 6 heteroatoms. The van der Waals surface area contributed by atoms with Crippen molar-refractivity contribution in [2.45, 2.75) is 20.8 Å². The monoisotopic (exact) mass is 277 g/mol. The van der Waals surface area contributed by atoms with Crippen LogP contribution in [-0.4, -0.2) is 22.5 Å². The van der Waals surface area contributed by atoms with E-state index in [0.717, 1.165) is 0 Å². The van der Waals surface area contributed by atoms with Gasteiger partial charge in [-0.3, -0.25) is 4.79 Å². The molecule has 0 aliphatic carbocycles. The average Bonchev–Trinajstić information content (AvgIpc) is 2.88. The molecule has 0 atom stereocenters. The Balaban J connectivity index is 2.23. The smallest absolute Gasteiger partial charge is 0.316 e. The number of aromatic nitrogens is 2. The maximum absolute atomic E-state index is 12.0. The van der Waals surface area contributed by atoms with E-state index >= 15 is 0 Å². The first-order valence-electron chi connectivity index (χ1n) is 5.93. The van der Waals surface area contributed by atoms with Crippen LogP contribution >= 0.6 is 11.3 Å². The van der Waals surface area contributed by atoms with Crippen molar-refractivity contribution in [2.75, 3.05) is 11.9 Å². The van der Waals surface area contributed by atoms with Crippen molar-refractivity contribution < 1.29 is 9.53 Å². The van der Waals surface area contributed by atoms with E-state index in [1.54, 1.807) is 11.4 Å². The summed E-state index contributed by atoms with van der Waals surface area (Å²) in [7, 11) is 0. The Morgan fingerprint density at radius 1 is 1.37 bits per heavy atom. The van der Waals surface area contributed by atoms with Crippen molar-refractivity contribution in [3.63, 3.8) is 0 Å². The Morgan fingerprint density at radius 3 is 2.58 bits per heavy atom. The highest BCUT2D eigenvalue weighted by Gasteiger charge is 2.13. The third kappa shape index (κ3) is 3.08. The van der Waals surface area contributed by atoms with Gasteiger partial charge in [-0.1, -0.05) is 0 Å². The fourth-order valence-electron chi connectivity index (χ4n) is 1.64. The van der Waals surface area contributed by atoms with E-state index in [1.807, 2.05) is 26.2 Å². The fourth-order valence-corrected chi connectivity index (χ4v) is 2.28. The van der Waals surface area contributed by atoms with E-state index in [-0.39, 0.29) is 5.91 Å². The second-order valence-corrected chi connectivity index (χ2v) is 4.73. The maximum atomic E-state index is 12.0. The largest absolute Gasteiger partial charge is 0.464 e. The lowest BCUT2D eigenvalue weighted by Gasteiger charge is -2.11. The van der Waals surface area contributed by atoms with Gasteiger partial charge in [-0.15, -0.1) is 0 Å². The van der Waals surface area contributed by atoms with Crippen molar-refractivity contribution >= 4 is 22.9 Å². The molecule has 0 bridgehead atoms. The number of nitrogens with one attached hydrogen (secondary N) is 1. The minimum Gasteiger partial charge on any atom is -0.464 e. The summed E-state index contributed by atoms with van der Waals surface area (Å²) < 4.78 is 5.27. The Morgan fingerprint density at radius 2 is 2.05 bits per heavy atom. The van der Waals surface area contributed by atoms with Crippen LogP contribution in [0.1, 0.15) is 28.7 Å². The Labute approximate surface area is 115 Å². The molecular formula is C13H15N3O2S. The van der Waals surface area contributed by atoms with Crippen LogP contribution in [0.15, 0.2) is 16.8 Å². The molecular weight excluding hydrogens is 262 g/mol. The highest BCUT2D eigenvalue weighted by molar-refractivity contribution is 7.08. The molecule has 2 heterocycles. The molecule has 100 valence electrons. The molecule has 2 rings (SSSR count). The summed E-state index contributed by atoms with van der Waals surface area (Å²) >= 11 is 1.48. The zero-order valence-electron chi connectivity index (χ0n) is 11.1. The first-order chi connectivity index (χ1) is 9.11. The van der Waals surface area contributed by atoms with Crippen LogP contribution in [0.4, 0.5) is 5.69 Å². The number of rotatable bonds is 4. The Bertz CT molecular complexity index is 559. The zero-order chi connectivity index (χ0) is 13.8. The van der Waals surface area contributed by atoms with Crippen molar-refractivity contribution in [3.8, 4) is 6.01 Å². The quantitative estimate of drug-likeness (QED) is 0.933. The van der Waals surface area contributed by atoms with E-state index in [2.05, 4.69) is 15.3 Å². The fraction of sp³-hybridized carbons (Fsp3) is 0.308. The van der Waals surface area contributed by atoms with Crippen LogP contribution < -0.4 is 10.1 Å². The molecule has 0 spiro atoms. The summed E-state index contributed by atoms with van der Waals surface area (Å²) in [4.78, 5) is 20.4. The molecule has 19 heavy (non-hydrogen) atoms. The summed E-state index contributed by atoms with van der Waals surface area (Å²) in [5.41, 5.74) is 2.66. The number of hydrogen-bond acceptors (Lipinski definition) is 5. The molecule has 0 saturated carbocycles. The number of thiophene rings is 1. The van der Waals surface area contributed by atoms with Crippen molar-refractivity contribution in [2.24, 2.45) is 0 Å². The Kier molecular flexibility index (Phi) is 4.11. The molecule has 2 aromatic rings. The summed E-state index contributed by atoms with van der Waals surface area (Å²) in [5, 5.41) is 6.50. The van der Waals surface area contributed by atoms with Crippen LogP contribution in [0, 0.1) is 13.8 Å². The first-order valence-corrected chi connectivity index (χ1v) is 6.87. The van der Waals surface area contributed by atoms with Crippen molar-refractivity contribution in [1.82, 2.24) is 9.97 Å². The van der Waals surface area contributed by atoms with Gasteiger partial charge < -0.3 is 10.1 Å². The lowest BCUT2D eigenvalue weighted by molar-refractivity contribution is 0.102. The maximum Gasteiger partial charge on any atom is 0.316 e. The third-order valence-electron chi connectivity index (χ3n) is 2.55. The molecule has 0 radical (unpaired) electrons. The number of carbonyl (C=O) groups is 1. The van der Waals surface area contributed by atoms with Gasteiger partial charge in [-0.25, -0.2) is 0 Å². The van der Waals surface area contributed by atoms with Crippen molar-refractivity contribution in [3.05, 3.63) is 33.8 Å². The molecule has 0 unspecified atom stereocenters. The SMILES string of the molecule is CCOc1nc(C)c(NC(=O)c2ccsc2)c(C)n1. The number of hydrogen-bond donors (Lipinski definition) is 1. The second kappa shape index (κ2) is 5.79. The third-order valence-corrected chi connectivity index (χ3v) is 3.23. The lowest BCUT2D eigenvalue weighted by atomic mass is 10.2. The van der Waals surface area contributed by atoms with E-state index in [4.69, 9.17) is 4.74 Å². The van der Waals surface area contributed by atoms with Crippen LogP contribution in [0.3, 0.4) is 0 Å².